The first-order chi connectivity index (χ1) is 14.1. The van der Waals surface area contributed by atoms with Crippen LogP contribution in [0.1, 0.15) is 32.7 Å². The first-order valence-electron chi connectivity index (χ1n) is 9.30. The van der Waals surface area contributed by atoms with E-state index in [2.05, 4.69) is 27.2 Å². The number of nitrogens with zero attached hydrogens (tertiary/aromatic N) is 3. The fourth-order valence-corrected chi connectivity index (χ4v) is 3.03. The van der Waals surface area contributed by atoms with Crippen molar-refractivity contribution in [2.45, 2.75) is 6.92 Å². The Morgan fingerprint density at radius 1 is 1.14 bits per heavy atom. The molecule has 1 aliphatic rings. The Bertz CT molecular complexity index is 1150. The van der Waals surface area contributed by atoms with Crippen molar-refractivity contribution in [3.05, 3.63) is 82.7 Å². The quantitative estimate of drug-likeness (QED) is 0.706. The lowest BCUT2D eigenvalue weighted by molar-refractivity contribution is 0.101. The number of rotatable bonds is 3. The van der Waals surface area contributed by atoms with Crippen LogP contribution < -0.4 is 5.32 Å². The number of benzene rings is 2. The second-order valence-electron chi connectivity index (χ2n) is 6.68. The number of hydrogen-bond donors (Lipinski definition) is 1. The summed E-state index contributed by atoms with van der Waals surface area (Å²) in [6.07, 6.45) is 1.60. The molecule has 1 N–H and O–H groups in total. The van der Waals surface area contributed by atoms with Gasteiger partial charge in [-0.05, 0) is 31.2 Å². The number of aryl methyl sites for hydroxylation is 2. The molecule has 2 aromatic carbocycles. The summed E-state index contributed by atoms with van der Waals surface area (Å²) in [5.41, 5.74) is 4.41. The Kier molecular flexibility index (Phi) is 5.12. The second kappa shape index (κ2) is 8.03. The smallest absolute Gasteiger partial charge is 0.275 e. The third kappa shape index (κ3) is 4.04. The Hall–Kier alpha value is -3.85. The summed E-state index contributed by atoms with van der Waals surface area (Å²) in [6, 6.07) is 15.4. The summed E-state index contributed by atoms with van der Waals surface area (Å²) in [5.74, 6) is 6.42. The van der Waals surface area contributed by atoms with Crippen LogP contribution in [0.15, 0.2) is 59.7 Å². The van der Waals surface area contributed by atoms with Crippen LogP contribution in [-0.2, 0) is 11.8 Å². The van der Waals surface area contributed by atoms with Gasteiger partial charge in [0.2, 0.25) is 5.90 Å². The van der Waals surface area contributed by atoms with Gasteiger partial charge in [0.25, 0.3) is 5.91 Å². The monoisotopic (exact) mass is 384 g/mol. The first-order valence-corrected chi connectivity index (χ1v) is 9.30. The van der Waals surface area contributed by atoms with Crippen LogP contribution >= 0.6 is 0 Å². The van der Waals surface area contributed by atoms with E-state index in [1.807, 2.05) is 55.5 Å². The molecule has 6 nitrogen and oxygen atoms in total. The number of carbonyl (C=O) groups is 1. The molecule has 0 bridgehead atoms. The van der Waals surface area contributed by atoms with Crippen molar-refractivity contribution < 1.29 is 9.53 Å². The molecule has 0 aliphatic carbocycles. The highest BCUT2D eigenvalue weighted by Crippen LogP contribution is 2.20. The molecule has 1 amide bonds. The van der Waals surface area contributed by atoms with Crippen LogP contribution in [0.4, 0.5) is 5.69 Å². The Morgan fingerprint density at radius 3 is 2.69 bits per heavy atom. The maximum atomic E-state index is 13.0. The molecule has 0 saturated carbocycles. The molecule has 144 valence electrons. The molecule has 4 rings (SSSR count). The molecule has 0 unspecified atom stereocenters. The Balaban J connectivity index is 1.61. The van der Waals surface area contributed by atoms with E-state index in [0.717, 1.165) is 11.1 Å². The van der Waals surface area contributed by atoms with Gasteiger partial charge in [-0.3, -0.25) is 9.48 Å². The van der Waals surface area contributed by atoms with E-state index < -0.39 is 0 Å². The molecule has 0 atom stereocenters. The summed E-state index contributed by atoms with van der Waals surface area (Å²) in [7, 11) is 1.72. The minimum Gasteiger partial charge on any atom is -0.475 e. The number of nitrogens with one attached hydrogen (secondary N) is 1. The summed E-state index contributed by atoms with van der Waals surface area (Å²) in [6.45, 7) is 3.21. The van der Waals surface area contributed by atoms with E-state index in [1.54, 1.807) is 13.2 Å². The van der Waals surface area contributed by atoms with Crippen molar-refractivity contribution in [2.24, 2.45) is 12.0 Å². The second-order valence-corrected chi connectivity index (χ2v) is 6.68. The van der Waals surface area contributed by atoms with Gasteiger partial charge in [-0.25, -0.2) is 4.99 Å². The normalized spacial score (nSPS) is 12.6. The average Bonchev–Trinajstić information content (AvgIpc) is 3.38. The number of para-hydroxylation sites is 1. The molecule has 0 fully saturated rings. The number of ether oxygens (including phenoxy) is 1. The SMILES string of the molecule is Cc1ccc(C#Cc2cnn(C)c2C(=O)Nc2ccccc2C2=NCCO2)cc1. The van der Waals surface area contributed by atoms with Crippen LogP contribution in [-0.4, -0.2) is 34.7 Å². The molecular weight excluding hydrogens is 364 g/mol. The van der Waals surface area contributed by atoms with Crippen molar-refractivity contribution in [3.8, 4) is 11.8 Å². The summed E-state index contributed by atoms with van der Waals surface area (Å²) >= 11 is 0. The van der Waals surface area contributed by atoms with Gasteiger partial charge in [0.15, 0.2) is 0 Å². The number of aromatic nitrogens is 2. The largest absolute Gasteiger partial charge is 0.475 e. The zero-order valence-electron chi connectivity index (χ0n) is 16.3. The van der Waals surface area contributed by atoms with Crippen molar-refractivity contribution in [1.82, 2.24) is 9.78 Å². The van der Waals surface area contributed by atoms with Gasteiger partial charge < -0.3 is 10.1 Å². The van der Waals surface area contributed by atoms with Crippen molar-refractivity contribution >= 4 is 17.5 Å². The standard InChI is InChI=1S/C23H20N4O2/c1-16-7-9-17(10-8-16)11-12-18-15-25-27(2)21(18)22(28)26-20-6-4-3-5-19(20)23-24-13-14-29-23/h3-10,15H,13-14H2,1-2H3,(H,26,28). The van der Waals surface area contributed by atoms with Gasteiger partial charge in [0.05, 0.1) is 29.6 Å². The molecular formula is C23H20N4O2. The Morgan fingerprint density at radius 2 is 1.93 bits per heavy atom. The molecule has 3 aromatic rings. The molecule has 2 heterocycles. The maximum Gasteiger partial charge on any atom is 0.275 e. The van der Waals surface area contributed by atoms with Crippen molar-refractivity contribution in [3.63, 3.8) is 0 Å². The molecule has 1 aromatic heterocycles. The van der Waals surface area contributed by atoms with Gasteiger partial charge in [0, 0.05) is 12.6 Å². The van der Waals surface area contributed by atoms with Crippen LogP contribution in [0, 0.1) is 18.8 Å². The minimum absolute atomic E-state index is 0.288. The first kappa shape index (κ1) is 18.5. The van der Waals surface area contributed by atoms with E-state index >= 15 is 0 Å². The molecule has 29 heavy (non-hydrogen) atoms. The van der Waals surface area contributed by atoms with Gasteiger partial charge >= 0.3 is 0 Å². The minimum atomic E-state index is -0.288. The van der Waals surface area contributed by atoms with Crippen LogP contribution in [0.25, 0.3) is 0 Å². The average molecular weight is 384 g/mol. The summed E-state index contributed by atoms with van der Waals surface area (Å²) < 4.78 is 7.08. The number of anilines is 1. The van der Waals surface area contributed by atoms with Gasteiger partial charge in [-0.2, -0.15) is 5.10 Å². The van der Waals surface area contributed by atoms with Gasteiger partial charge in [-0.15, -0.1) is 0 Å². The number of amides is 1. The highest BCUT2D eigenvalue weighted by atomic mass is 16.5. The van der Waals surface area contributed by atoms with Crippen LogP contribution in [0.3, 0.4) is 0 Å². The van der Waals surface area contributed by atoms with Crippen LogP contribution in [0.2, 0.25) is 0 Å². The molecule has 0 radical (unpaired) electrons. The topological polar surface area (TPSA) is 68.5 Å². The van der Waals surface area contributed by atoms with E-state index in [1.165, 1.54) is 10.2 Å². The predicted octanol–water partition coefficient (Wildman–Crippen LogP) is 3.16. The van der Waals surface area contributed by atoms with Gasteiger partial charge in [0.1, 0.15) is 12.3 Å². The maximum absolute atomic E-state index is 13.0. The van der Waals surface area contributed by atoms with Gasteiger partial charge in [-0.1, -0.05) is 41.7 Å². The highest BCUT2D eigenvalue weighted by Gasteiger charge is 2.20. The predicted molar refractivity (Wildman–Crippen MR) is 112 cm³/mol. The lowest BCUT2D eigenvalue weighted by Gasteiger charge is -2.11. The van der Waals surface area contributed by atoms with E-state index in [9.17, 15) is 4.79 Å². The molecule has 0 spiro atoms. The zero-order valence-corrected chi connectivity index (χ0v) is 16.3. The third-order valence-corrected chi connectivity index (χ3v) is 4.54. The van der Waals surface area contributed by atoms with Crippen molar-refractivity contribution in [2.75, 3.05) is 18.5 Å². The Labute approximate surface area is 169 Å². The number of aliphatic imine (C=N–C) groups is 1. The summed E-state index contributed by atoms with van der Waals surface area (Å²) in [5, 5.41) is 7.16. The molecule has 6 heteroatoms. The van der Waals surface area contributed by atoms with Crippen molar-refractivity contribution in [1.29, 1.82) is 0 Å². The van der Waals surface area contributed by atoms with E-state index in [-0.39, 0.29) is 5.91 Å². The van der Waals surface area contributed by atoms with E-state index in [4.69, 9.17) is 4.74 Å². The zero-order chi connectivity index (χ0) is 20.2. The fourth-order valence-electron chi connectivity index (χ4n) is 3.03. The number of carbonyl (C=O) groups excluding carboxylic acids is 1. The van der Waals surface area contributed by atoms with Crippen LogP contribution in [0.5, 0.6) is 0 Å². The third-order valence-electron chi connectivity index (χ3n) is 4.54. The molecule has 1 aliphatic heterocycles. The van der Waals surface area contributed by atoms with E-state index in [0.29, 0.717) is 36.0 Å². The highest BCUT2D eigenvalue weighted by molar-refractivity contribution is 6.09. The molecule has 0 saturated heterocycles. The lowest BCUT2D eigenvalue weighted by Crippen LogP contribution is -2.19. The summed E-state index contributed by atoms with van der Waals surface area (Å²) in [4.78, 5) is 17.4. The fraction of sp³-hybridized carbons (Fsp3) is 0.174. The lowest BCUT2D eigenvalue weighted by atomic mass is 10.1. The number of hydrogen-bond acceptors (Lipinski definition) is 4.